The van der Waals surface area contributed by atoms with Gasteiger partial charge in [0.25, 0.3) is 12.0 Å². The van der Waals surface area contributed by atoms with Gasteiger partial charge in [-0.3, -0.25) is 14.7 Å². The highest BCUT2D eigenvalue weighted by molar-refractivity contribution is 6.30. The van der Waals surface area contributed by atoms with Gasteiger partial charge < -0.3 is 10.2 Å². The van der Waals surface area contributed by atoms with Crippen molar-refractivity contribution in [1.82, 2.24) is 9.78 Å². The Morgan fingerprint density at radius 1 is 1.12 bits per heavy atom. The fourth-order valence-corrected chi connectivity index (χ4v) is 2.12. The van der Waals surface area contributed by atoms with E-state index in [1.165, 1.54) is 35.0 Å². The fraction of sp³-hybridized carbons (Fsp3) is 0. The Bertz CT molecular complexity index is 903. The van der Waals surface area contributed by atoms with Crippen LogP contribution in [-0.4, -0.2) is 26.5 Å². The molecule has 1 heterocycles. The molecule has 0 bridgehead atoms. The molecule has 24 heavy (non-hydrogen) atoms. The number of hydrogen-bond donors (Lipinski definition) is 3. The third-order valence-electron chi connectivity index (χ3n) is 3.06. The standard InChI is InChI=1S/C15H10ClFN2O2.CH2O2/c16-12-6-3-10(7-13(12)17)19-15(21)8-14(18-19)9-1-4-11(20)5-2-9;2-1-3/h1-8,18,20H;1H,(H,2,3). The van der Waals surface area contributed by atoms with E-state index in [0.29, 0.717) is 11.4 Å². The molecule has 3 rings (SSSR count). The van der Waals surface area contributed by atoms with Crippen LogP contribution in [0.15, 0.2) is 53.3 Å². The third-order valence-corrected chi connectivity index (χ3v) is 3.37. The fourth-order valence-electron chi connectivity index (χ4n) is 2.00. The van der Waals surface area contributed by atoms with Crippen LogP contribution in [0.3, 0.4) is 0 Å². The van der Waals surface area contributed by atoms with Crippen molar-refractivity contribution in [2.45, 2.75) is 0 Å². The van der Waals surface area contributed by atoms with E-state index in [2.05, 4.69) is 5.10 Å². The number of carbonyl (C=O) groups is 1. The molecule has 3 N–H and O–H groups in total. The van der Waals surface area contributed by atoms with Crippen molar-refractivity contribution in [3.8, 4) is 22.7 Å². The van der Waals surface area contributed by atoms with Crippen molar-refractivity contribution < 1.29 is 19.4 Å². The first-order valence-corrected chi connectivity index (χ1v) is 6.99. The van der Waals surface area contributed by atoms with Crippen molar-refractivity contribution in [3.05, 3.63) is 69.7 Å². The van der Waals surface area contributed by atoms with E-state index < -0.39 is 5.82 Å². The molecule has 124 valence electrons. The van der Waals surface area contributed by atoms with Gasteiger partial charge in [-0.1, -0.05) is 11.6 Å². The Labute approximate surface area is 140 Å². The van der Waals surface area contributed by atoms with Gasteiger partial charge in [-0.05, 0) is 42.0 Å². The SMILES string of the molecule is O=CO.O=c1cc(-c2ccc(O)cc2)[nH]n1-c1ccc(Cl)c(F)c1. The first-order chi connectivity index (χ1) is 11.5. The molecule has 0 amide bonds. The number of hydrogen-bond acceptors (Lipinski definition) is 3. The second-order valence-corrected chi connectivity index (χ2v) is 5.00. The number of rotatable bonds is 2. The summed E-state index contributed by atoms with van der Waals surface area (Å²) in [6.45, 7) is -0.250. The maximum absolute atomic E-state index is 13.5. The molecule has 0 radical (unpaired) electrons. The van der Waals surface area contributed by atoms with E-state index in [1.807, 2.05) is 0 Å². The van der Waals surface area contributed by atoms with Crippen molar-refractivity contribution in [2.75, 3.05) is 0 Å². The zero-order valence-electron chi connectivity index (χ0n) is 12.1. The van der Waals surface area contributed by atoms with Gasteiger partial charge in [0.2, 0.25) is 0 Å². The molecule has 0 unspecified atom stereocenters. The summed E-state index contributed by atoms with van der Waals surface area (Å²) in [5.41, 5.74) is 1.33. The molecular weight excluding hydrogens is 339 g/mol. The third kappa shape index (κ3) is 3.82. The van der Waals surface area contributed by atoms with Gasteiger partial charge in [0, 0.05) is 12.1 Å². The summed E-state index contributed by atoms with van der Waals surface area (Å²) in [7, 11) is 0. The van der Waals surface area contributed by atoms with E-state index in [9.17, 15) is 14.3 Å². The highest BCUT2D eigenvalue weighted by Crippen LogP contribution is 2.21. The Kier molecular flexibility index (Phi) is 5.39. The van der Waals surface area contributed by atoms with Crippen LogP contribution in [0.2, 0.25) is 5.02 Å². The molecule has 0 aliphatic carbocycles. The molecule has 0 aliphatic heterocycles. The molecule has 0 aliphatic rings. The lowest BCUT2D eigenvalue weighted by Crippen LogP contribution is -2.13. The first kappa shape index (κ1) is 17.3. The number of carboxylic acid groups (broad SMARTS) is 1. The summed E-state index contributed by atoms with van der Waals surface area (Å²) < 4.78 is 14.7. The van der Waals surface area contributed by atoms with Crippen molar-refractivity contribution in [3.63, 3.8) is 0 Å². The predicted octanol–water partition coefficient (Wildman–Crippen LogP) is 3.03. The highest BCUT2D eigenvalue weighted by atomic mass is 35.5. The number of aromatic amines is 1. The number of halogens is 2. The second kappa shape index (κ2) is 7.47. The average molecular weight is 351 g/mol. The first-order valence-electron chi connectivity index (χ1n) is 6.61. The van der Waals surface area contributed by atoms with Gasteiger partial charge in [-0.2, -0.15) is 0 Å². The number of phenolic OH excluding ortho intramolecular Hbond substituents is 1. The molecule has 0 atom stereocenters. The van der Waals surface area contributed by atoms with Crippen LogP contribution < -0.4 is 5.56 Å². The minimum absolute atomic E-state index is 0.00267. The lowest BCUT2D eigenvalue weighted by molar-refractivity contribution is -0.122. The number of H-pyrrole nitrogens is 1. The number of aromatic nitrogens is 2. The Hall–Kier alpha value is -3.06. The second-order valence-electron chi connectivity index (χ2n) is 4.59. The molecule has 8 heteroatoms. The van der Waals surface area contributed by atoms with Crippen molar-refractivity contribution in [1.29, 1.82) is 0 Å². The van der Waals surface area contributed by atoms with E-state index in [-0.39, 0.29) is 22.8 Å². The lowest BCUT2D eigenvalue weighted by Gasteiger charge is -2.03. The summed E-state index contributed by atoms with van der Waals surface area (Å²) in [5, 5.41) is 19.0. The van der Waals surface area contributed by atoms with Crippen LogP contribution in [-0.2, 0) is 4.79 Å². The lowest BCUT2D eigenvalue weighted by atomic mass is 10.1. The summed E-state index contributed by atoms with van der Waals surface area (Å²) in [4.78, 5) is 20.4. The molecule has 2 aromatic carbocycles. The van der Waals surface area contributed by atoms with Crippen LogP contribution in [0.25, 0.3) is 16.9 Å². The molecule has 0 saturated carbocycles. The number of nitrogens with zero attached hydrogens (tertiary/aromatic N) is 1. The molecule has 1 aromatic heterocycles. The van der Waals surface area contributed by atoms with Crippen LogP contribution >= 0.6 is 11.6 Å². The van der Waals surface area contributed by atoms with E-state index >= 15 is 0 Å². The van der Waals surface area contributed by atoms with Crippen LogP contribution in [0.4, 0.5) is 4.39 Å². The highest BCUT2D eigenvalue weighted by Gasteiger charge is 2.09. The topological polar surface area (TPSA) is 95.3 Å². The summed E-state index contributed by atoms with van der Waals surface area (Å²) in [5.74, 6) is -0.456. The monoisotopic (exact) mass is 350 g/mol. The quantitative estimate of drug-likeness (QED) is 0.619. The van der Waals surface area contributed by atoms with Gasteiger partial charge in [-0.25, -0.2) is 9.07 Å². The number of phenols is 1. The molecule has 0 fully saturated rings. The number of nitrogens with one attached hydrogen (secondary N) is 1. The zero-order chi connectivity index (χ0) is 17.7. The molecular formula is C16H12ClFN2O4. The van der Waals surface area contributed by atoms with Crippen LogP contribution in [0.5, 0.6) is 5.75 Å². The largest absolute Gasteiger partial charge is 0.508 e. The van der Waals surface area contributed by atoms with Crippen LogP contribution in [0, 0.1) is 5.82 Å². The maximum atomic E-state index is 13.5. The smallest absolute Gasteiger partial charge is 0.290 e. The molecule has 0 spiro atoms. The van der Waals surface area contributed by atoms with Crippen molar-refractivity contribution >= 4 is 18.1 Å². The predicted molar refractivity (Wildman–Crippen MR) is 87.2 cm³/mol. The van der Waals surface area contributed by atoms with E-state index in [4.69, 9.17) is 21.5 Å². The van der Waals surface area contributed by atoms with Crippen LogP contribution in [0.1, 0.15) is 0 Å². The van der Waals surface area contributed by atoms with Gasteiger partial charge in [-0.15, -0.1) is 0 Å². The number of benzene rings is 2. The molecule has 6 nitrogen and oxygen atoms in total. The minimum Gasteiger partial charge on any atom is -0.508 e. The normalized spacial score (nSPS) is 9.92. The van der Waals surface area contributed by atoms with Gasteiger partial charge in [0.15, 0.2) is 0 Å². The van der Waals surface area contributed by atoms with E-state index in [0.717, 1.165) is 5.56 Å². The van der Waals surface area contributed by atoms with Gasteiger partial charge in [0.1, 0.15) is 11.6 Å². The Balaban J connectivity index is 0.000000647. The van der Waals surface area contributed by atoms with Gasteiger partial charge in [0.05, 0.1) is 16.4 Å². The summed E-state index contributed by atoms with van der Waals surface area (Å²) in [6.07, 6.45) is 0. The minimum atomic E-state index is -0.596. The van der Waals surface area contributed by atoms with E-state index in [1.54, 1.807) is 18.2 Å². The molecule has 3 aromatic rings. The zero-order valence-corrected chi connectivity index (χ0v) is 12.9. The van der Waals surface area contributed by atoms with Crippen molar-refractivity contribution in [2.24, 2.45) is 0 Å². The maximum Gasteiger partial charge on any atom is 0.290 e. The summed E-state index contributed by atoms with van der Waals surface area (Å²) >= 11 is 5.63. The van der Waals surface area contributed by atoms with Gasteiger partial charge >= 0.3 is 0 Å². The summed E-state index contributed by atoms with van der Waals surface area (Å²) in [6, 6.07) is 11.9. The Morgan fingerprint density at radius 3 is 2.33 bits per heavy atom. The molecule has 0 saturated heterocycles. The Morgan fingerprint density at radius 2 is 1.75 bits per heavy atom. The number of aromatic hydroxyl groups is 1. The average Bonchev–Trinajstić information content (AvgIpc) is 2.93.